The van der Waals surface area contributed by atoms with E-state index in [0.29, 0.717) is 6.54 Å². The molecule has 5 nitrogen and oxygen atoms in total. The molecule has 2 aromatic carbocycles. The first kappa shape index (κ1) is 20.8. The van der Waals surface area contributed by atoms with E-state index in [9.17, 15) is 9.59 Å². The molecule has 0 bridgehead atoms. The van der Waals surface area contributed by atoms with Gasteiger partial charge in [-0.25, -0.2) is 0 Å². The molecule has 0 aliphatic carbocycles. The molecular weight excluding hydrogens is 362 g/mol. The Morgan fingerprint density at radius 2 is 1.69 bits per heavy atom. The van der Waals surface area contributed by atoms with E-state index in [1.54, 1.807) is 0 Å². The number of carbonyl (C=O) groups is 2. The van der Waals surface area contributed by atoms with Crippen molar-refractivity contribution in [1.29, 1.82) is 0 Å². The first-order chi connectivity index (χ1) is 13.9. The predicted molar refractivity (Wildman–Crippen MR) is 118 cm³/mol. The van der Waals surface area contributed by atoms with Crippen LogP contribution in [0.5, 0.6) is 0 Å². The van der Waals surface area contributed by atoms with Crippen molar-refractivity contribution < 1.29 is 9.59 Å². The van der Waals surface area contributed by atoms with Crippen LogP contribution in [0.2, 0.25) is 0 Å². The van der Waals surface area contributed by atoms with Crippen LogP contribution < -0.4 is 10.6 Å². The SMILES string of the molecule is Cc1cc(C)c(NC(=O)CNC(=O)CN2CC=C(c3ccccc3)CC2)c(C)c1. The second-order valence-electron chi connectivity index (χ2n) is 7.68. The Morgan fingerprint density at radius 3 is 2.31 bits per heavy atom. The van der Waals surface area contributed by atoms with Gasteiger partial charge in [0, 0.05) is 18.8 Å². The molecule has 1 aliphatic rings. The summed E-state index contributed by atoms with van der Waals surface area (Å²) in [5, 5.41) is 5.64. The fourth-order valence-corrected chi connectivity index (χ4v) is 3.77. The molecule has 0 aromatic heterocycles. The number of carbonyl (C=O) groups excluding carboxylic acids is 2. The summed E-state index contributed by atoms with van der Waals surface area (Å²) < 4.78 is 0. The summed E-state index contributed by atoms with van der Waals surface area (Å²) in [5.41, 5.74) is 6.61. The molecule has 2 amide bonds. The average Bonchev–Trinajstić information content (AvgIpc) is 2.70. The molecule has 0 saturated heterocycles. The molecule has 3 rings (SSSR count). The summed E-state index contributed by atoms with van der Waals surface area (Å²) in [7, 11) is 0. The molecule has 0 unspecified atom stereocenters. The van der Waals surface area contributed by atoms with Crippen LogP contribution in [0.3, 0.4) is 0 Å². The molecule has 5 heteroatoms. The second kappa shape index (κ2) is 9.52. The zero-order chi connectivity index (χ0) is 20.8. The largest absolute Gasteiger partial charge is 0.346 e. The van der Waals surface area contributed by atoms with Crippen molar-refractivity contribution in [2.24, 2.45) is 0 Å². The molecule has 29 heavy (non-hydrogen) atoms. The molecule has 2 N–H and O–H groups in total. The number of nitrogens with zero attached hydrogens (tertiary/aromatic N) is 1. The first-order valence-corrected chi connectivity index (χ1v) is 10.0. The highest BCUT2D eigenvalue weighted by Gasteiger charge is 2.16. The number of anilines is 1. The predicted octanol–water partition coefficient (Wildman–Crippen LogP) is 3.46. The van der Waals surface area contributed by atoms with Crippen LogP contribution in [-0.4, -0.2) is 42.9 Å². The minimum absolute atomic E-state index is 0.0233. The van der Waals surface area contributed by atoms with Crippen LogP contribution >= 0.6 is 0 Å². The number of hydrogen-bond donors (Lipinski definition) is 2. The zero-order valence-corrected chi connectivity index (χ0v) is 17.4. The van der Waals surface area contributed by atoms with Crippen molar-refractivity contribution in [3.05, 3.63) is 70.8 Å². The van der Waals surface area contributed by atoms with E-state index in [-0.39, 0.29) is 18.4 Å². The van der Waals surface area contributed by atoms with Crippen molar-refractivity contribution in [3.8, 4) is 0 Å². The lowest BCUT2D eigenvalue weighted by Crippen LogP contribution is -2.41. The molecule has 0 atom stereocenters. The van der Waals surface area contributed by atoms with Gasteiger partial charge in [-0.3, -0.25) is 14.5 Å². The molecule has 2 aromatic rings. The Labute approximate surface area is 172 Å². The highest BCUT2D eigenvalue weighted by molar-refractivity contribution is 5.96. The highest BCUT2D eigenvalue weighted by Crippen LogP contribution is 2.22. The number of nitrogens with one attached hydrogen (secondary N) is 2. The van der Waals surface area contributed by atoms with Gasteiger partial charge in [0.15, 0.2) is 0 Å². The summed E-state index contributed by atoms with van der Waals surface area (Å²) >= 11 is 0. The third-order valence-corrected chi connectivity index (χ3v) is 5.19. The van der Waals surface area contributed by atoms with Crippen molar-refractivity contribution in [2.75, 3.05) is 31.5 Å². The lowest BCUT2D eigenvalue weighted by molar-refractivity contribution is -0.125. The first-order valence-electron chi connectivity index (χ1n) is 10.0. The van der Waals surface area contributed by atoms with E-state index in [1.807, 2.05) is 51.1 Å². The summed E-state index contributed by atoms with van der Waals surface area (Å²) in [6.45, 7) is 7.83. The van der Waals surface area contributed by atoms with Crippen molar-refractivity contribution in [3.63, 3.8) is 0 Å². The zero-order valence-electron chi connectivity index (χ0n) is 17.4. The topological polar surface area (TPSA) is 61.4 Å². The van der Waals surface area contributed by atoms with E-state index >= 15 is 0 Å². The van der Waals surface area contributed by atoms with Gasteiger partial charge >= 0.3 is 0 Å². The molecule has 0 radical (unpaired) electrons. The fourth-order valence-electron chi connectivity index (χ4n) is 3.77. The normalized spacial score (nSPS) is 14.2. The Kier molecular flexibility index (Phi) is 6.83. The smallest absolute Gasteiger partial charge is 0.243 e. The van der Waals surface area contributed by atoms with Gasteiger partial charge in [0.2, 0.25) is 11.8 Å². The van der Waals surface area contributed by atoms with Gasteiger partial charge in [0.25, 0.3) is 0 Å². The van der Waals surface area contributed by atoms with Gasteiger partial charge in [-0.2, -0.15) is 0 Å². The maximum absolute atomic E-state index is 12.2. The summed E-state index contributed by atoms with van der Waals surface area (Å²) in [5.74, 6) is -0.340. The van der Waals surface area contributed by atoms with Crippen molar-refractivity contribution in [2.45, 2.75) is 27.2 Å². The number of amides is 2. The molecular formula is C24H29N3O2. The fraction of sp³-hybridized carbons (Fsp3) is 0.333. The van der Waals surface area contributed by atoms with Gasteiger partial charge < -0.3 is 10.6 Å². The van der Waals surface area contributed by atoms with E-state index in [1.165, 1.54) is 11.1 Å². The number of benzene rings is 2. The van der Waals surface area contributed by atoms with E-state index in [2.05, 4.69) is 33.7 Å². The van der Waals surface area contributed by atoms with Crippen LogP contribution in [0.1, 0.15) is 28.7 Å². The summed E-state index contributed by atoms with van der Waals surface area (Å²) in [6, 6.07) is 14.4. The van der Waals surface area contributed by atoms with Crippen LogP contribution in [0, 0.1) is 20.8 Å². The molecule has 152 valence electrons. The third-order valence-electron chi connectivity index (χ3n) is 5.19. The molecule has 1 aliphatic heterocycles. The Balaban J connectivity index is 1.45. The van der Waals surface area contributed by atoms with Gasteiger partial charge in [-0.05, 0) is 49.5 Å². The van der Waals surface area contributed by atoms with E-state index in [0.717, 1.165) is 41.9 Å². The quantitative estimate of drug-likeness (QED) is 0.793. The number of aryl methyl sites for hydroxylation is 3. The number of hydrogen-bond acceptors (Lipinski definition) is 3. The molecule has 0 fully saturated rings. The van der Waals surface area contributed by atoms with Crippen LogP contribution in [0.25, 0.3) is 5.57 Å². The van der Waals surface area contributed by atoms with Crippen LogP contribution in [0.4, 0.5) is 5.69 Å². The van der Waals surface area contributed by atoms with Gasteiger partial charge in [-0.1, -0.05) is 54.1 Å². The van der Waals surface area contributed by atoms with Crippen LogP contribution in [-0.2, 0) is 9.59 Å². The van der Waals surface area contributed by atoms with E-state index in [4.69, 9.17) is 0 Å². The number of rotatable bonds is 6. The maximum Gasteiger partial charge on any atom is 0.243 e. The molecule has 1 heterocycles. The minimum atomic E-state index is -0.210. The third kappa shape index (κ3) is 5.78. The summed E-state index contributed by atoms with van der Waals surface area (Å²) in [6.07, 6.45) is 3.10. The molecule has 0 saturated carbocycles. The Morgan fingerprint density at radius 1 is 1.00 bits per heavy atom. The minimum Gasteiger partial charge on any atom is -0.346 e. The monoisotopic (exact) mass is 391 g/mol. The van der Waals surface area contributed by atoms with Gasteiger partial charge in [0.05, 0.1) is 13.1 Å². The van der Waals surface area contributed by atoms with Gasteiger partial charge in [0.1, 0.15) is 0 Å². The van der Waals surface area contributed by atoms with Gasteiger partial charge in [-0.15, -0.1) is 0 Å². The maximum atomic E-state index is 12.2. The van der Waals surface area contributed by atoms with Crippen molar-refractivity contribution in [1.82, 2.24) is 10.2 Å². The lowest BCUT2D eigenvalue weighted by atomic mass is 10.00. The standard InChI is InChI=1S/C24H29N3O2/c1-17-13-18(2)24(19(3)14-17)26-22(28)15-25-23(29)16-27-11-9-21(10-12-27)20-7-5-4-6-8-20/h4-9,13-14H,10-12,15-16H2,1-3H3,(H,25,29)(H,26,28). The average molecular weight is 392 g/mol. The van der Waals surface area contributed by atoms with Crippen LogP contribution in [0.15, 0.2) is 48.5 Å². The Bertz CT molecular complexity index is 896. The Hall–Kier alpha value is -2.92. The molecule has 0 spiro atoms. The summed E-state index contributed by atoms with van der Waals surface area (Å²) in [4.78, 5) is 26.6. The second-order valence-corrected chi connectivity index (χ2v) is 7.68. The highest BCUT2D eigenvalue weighted by atomic mass is 16.2. The van der Waals surface area contributed by atoms with Crippen molar-refractivity contribution >= 4 is 23.1 Å². The van der Waals surface area contributed by atoms with E-state index < -0.39 is 0 Å². The lowest BCUT2D eigenvalue weighted by Gasteiger charge is -2.25.